The fourth-order valence-electron chi connectivity index (χ4n) is 2.03. The number of esters is 1. The molecule has 1 aromatic carbocycles. The fourth-order valence-corrected chi connectivity index (χ4v) is 2.03. The molecule has 0 aliphatic rings. The number of para-hydroxylation sites is 1. The molecule has 0 saturated heterocycles. The van der Waals surface area contributed by atoms with Crippen molar-refractivity contribution in [1.82, 2.24) is 9.71 Å². The van der Waals surface area contributed by atoms with Crippen LogP contribution < -0.4 is 10.4 Å². The molecule has 0 fully saturated rings. The maximum absolute atomic E-state index is 12.4. The molecular weight excluding hydrogens is 296 g/mol. The van der Waals surface area contributed by atoms with Crippen LogP contribution in [0.25, 0.3) is 10.9 Å². The molecular formula is C17H20N2O4. The van der Waals surface area contributed by atoms with E-state index >= 15 is 0 Å². The van der Waals surface area contributed by atoms with Gasteiger partial charge in [-0.05, 0) is 38.8 Å². The van der Waals surface area contributed by atoms with E-state index in [1.165, 1.54) is 4.73 Å². The molecule has 6 nitrogen and oxygen atoms in total. The van der Waals surface area contributed by atoms with Gasteiger partial charge in [0.05, 0.1) is 17.5 Å². The quantitative estimate of drug-likeness (QED) is 0.444. The number of unbranched alkanes of at least 4 members (excludes halogenated alkanes) is 1. The Kier molecular flexibility index (Phi) is 5.51. The highest BCUT2D eigenvalue weighted by atomic mass is 16.7. The minimum Gasteiger partial charge on any atom is -0.462 e. The van der Waals surface area contributed by atoms with Gasteiger partial charge in [0.1, 0.15) is 12.4 Å². The van der Waals surface area contributed by atoms with E-state index in [0.29, 0.717) is 48.4 Å². The lowest BCUT2D eigenvalue weighted by molar-refractivity contribution is -0.139. The van der Waals surface area contributed by atoms with Crippen molar-refractivity contribution in [3.8, 4) is 0 Å². The van der Waals surface area contributed by atoms with Gasteiger partial charge in [-0.1, -0.05) is 18.7 Å². The highest BCUT2D eigenvalue weighted by Gasteiger charge is 2.08. The molecule has 0 N–H and O–H groups in total. The van der Waals surface area contributed by atoms with Gasteiger partial charge in [-0.15, -0.1) is 4.73 Å². The molecule has 2 aromatic rings. The van der Waals surface area contributed by atoms with Crippen molar-refractivity contribution in [2.45, 2.75) is 26.7 Å². The first kappa shape index (κ1) is 16.7. The van der Waals surface area contributed by atoms with Crippen LogP contribution in [0, 0.1) is 6.92 Å². The molecule has 2 rings (SSSR count). The van der Waals surface area contributed by atoms with Crippen molar-refractivity contribution in [3.05, 3.63) is 52.6 Å². The molecule has 0 spiro atoms. The van der Waals surface area contributed by atoms with E-state index in [2.05, 4.69) is 11.6 Å². The summed E-state index contributed by atoms with van der Waals surface area (Å²) in [4.78, 5) is 33.4. The third kappa shape index (κ3) is 4.18. The van der Waals surface area contributed by atoms with E-state index in [-0.39, 0.29) is 5.56 Å². The number of nitrogens with zero attached hydrogens (tertiary/aromatic N) is 2. The molecule has 0 bridgehead atoms. The van der Waals surface area contributed by atoms with Crippen LogP contribution in [0.4, 0.5) is 0 Å². The lowest BCUT2D eigenvalue weighted by Crippen LogP contribution is -2.30. The largest absolute Gasteiger partial charge is 0.462 e. The second-order valence-electron chi connectivity index (χ2n) is 5.23. The topological polar surface area (TPSA) is 70.4 Å². The number of rotatable bonds is 7. The first-order valence-corrected chi connectivity index (χ1v) is 7.45. The molecule has 1 aromatic heterocycles. The Labute approximate surface area is 134 Å². The lowest BCUT2D eigenvalue weighted by Gasteiger charge is -2.11. The lowest BCUT2D eigenvalue weighted by atomic mass is 10.2. The number of ether oxygens (including phenoxy) is 1. The summed E-state index contributed by atoms with van der Waals surface area (Å²) in [5.74, 6) is 0.110. The summed E-state index contributed by atoms with van der Waals surface area (Å²) in [5, 5.41) is 0.522. The van der Waals surface area contributed by atoms with Crippen LogP contribution in [0.3, 0.4) is 0 Å². The summed E-state index contributed by atoms with van der Waals surface area (Å²) >= 11 is 0. The maximum atomic E-state index is 12.4. The molecule has 122 valence electrons. The van der Waals surface area contributed by atoms with Crippen molar-refractivity contribution in [2.75, 3.05) is 13.2 Å². The van der Waals surface area contributed by atoms with Crippen molar-refractivity contribution in [1.29, 1.82) is 0 Å². The van der Waals surface area contributed by atoms with Crippen molar-refractivity contribution in [3.63, 3.8) is 0 Å². The van der Waals surface area contributed by atoms with Crippen LogP contribution in [-0.4, -0.2) is 28.9 Å². The average Bonchev–Trinajstić information content (AvgIpc) is 2.52. The number of hydrogen-bond acceptors (Lipinski definition) is 5. The van der Waals surface area contributed by atoms with Gasteiger partial charge in [-0.2, -0.15) is 0 Å². The van der Waals surface area contributed by atoms with Gasteiger partial charge in [-0.3, -0.25) is 4.79 Å². The third-order valence-electron chi connectivity index (χ3n) is 3.24. The zero-order valence-corrected chi connectivity index (χ0v) is 13.4. The zero-order chi connectivity index (χ0) is 16.8. The summed E-state index contributed by atoms with van der Waals surface area (Å²) in [7, 11) is 0. The molecule has 1 heterocycles. The Morgan fingerprint density at radius 2 is 1.96 bits per heavy atom. The predicted octanol–water partition coefficient (Wildman–Crippen LogP) is 2.03. The van der Waals surface area contributed by atoms with Crippen LogP contribution >= 0.6 is 0 Å². The van der Waals surface area contributed by atoms with Gasteiger partial charge in [0.15, 0.2) is 0 Å². The van der Waals surface area contributed by atoms with Gasteiger partial charge in [0.2, 0.25) is 0 Å². The van der Waals surface area contributed by atoms with Gasteiger partial charge >= 0.3 is 5.97 Å². The van der Waals surface area contributed by atoms with E-state index < -0.39 is 5.97 Å². The van der Waals surface area contributed by atoms with Crippen molar-refractivity contribution < 1.29 is 14.4 Å². The Morgan fingerprint density at radius 1 is 1.26 bits per heavy atom. The van der Waals surface area contributed by atoms with Gasteiger partial charge in [0.25, 0.3) is 5.56 Å². The number of carbonyl (C=O) groups excluding carboxylic acids is 1. The van der Waals surface area contributed by atoms with E-state index in [1.807, 2.05) is 6.07 Å². The summed E-state index contributed by atoms with van der Waals surface area (Å²) in [5.41, 5.74) is 0.814. The molecule has 0 aliphatic heterocycles. The van der Waals surface area contributed by atoms with Crippen molar-refractivity contribution in [2.24, 2.45) is 0 Å². The number of hydrogen-bond donors (Lipinski definition) is 0. The fraction of sp³-hybridized carbons (Fsp3) is 0.353. The van der Waals surface area contributed by atoms with Crippen LogP contribution in [0.15, 0.2) is 41.2 Å². The first-order chi connectivity index (χ1) is 11.0. The Balaban J connectivity index is 1.89. The molecule has 0 aliphatic carbocycles. The van der Waals surface area contributed by atoms with Gasteiger partial charge in [0, 0.05) is 5.57 Å². The van der Waals surface area contributed by atoms with Gasteiger partial charge in [-0.25, -0.2) is 9.78 Å². The number of aromatic nitrogens is 2. The summed E-state index contributed by atoms with van der Waals surface area (Å²) in [6.07, 6.45) is 1.30. The number of benzene rings is 1. The standard InChI is InChI=1S/C17H20N2O4/c1-12(2)17(21)22-10-6-7-11-23-19-13(3)18-15-9-5-4-8-14(15)16(19)20/h4-5,8-9H,1,6-7,10-11H2,2-3H3. The minimum atomic E-state index is -0.392. The normalized spacial score (nSPS) is 10.5. The zero-order valence-electron chi connectivity index (χ0n) is 13.4. The second kappa shape index (κ2) is 7.58. The highest BCUT2D eigenvalue weighted by Crippen LogP contribution is 2.06. The van der Waals surface area contributed by atoms with Gasteiger partial charge < -0.3 is 9.57 Å². The van der Waals surface area contributed by atoms with E-state index in [0.717, 1.165) is 0 Å². The van der Waals surface area contributed by atoms with Crippen LogP contribution in [-0.2, 0) is 9.53 Å². The molecule has 0 atom stereocenters. The van der Waals surface area contributed by atoms with E-state index in [9.17, 15) is 9.59 Å². The molecule has 0 amide bonds. The van der Waals surface area contributed by atoms with Crippen LogP contribution in [0.5, 0.6) is 0 Å². The highest BCUT2D eigenvalue weighted by molar-refractivity contribution is 5.86. The van der Waals surface area contributed by atoms with E-state index in [1.54, 1.807) is 32.0 Å². The Morgan fingerprint density at radius 3 is 2.70 bits per heavy atom. The first-order valence-electron chi connectivity index (χ1n) is 7.45. The molecule has 23 heavy (non-hydrogen) atoms. The van der Waals surface area contributed by atoms with Crippen LogP contribution in [0.2, 0.25) is 0 Å². The second-order valence-corrected chi connectivity index (χ2v) is 5.23. The predicted molar refractivity (Wildman–Crippen MR) is 87.2 cm³/mol. The Bertz CT molecular complexity index is 780. The van der Waals surface area contributed by atoms with E-state index in [4.69, 9.17) is 9.57 Å². The summed E-state index contributed by atoms with van der Waals surface area (Å²) in [6, 6.07) is 7.15. The summed E-state index contributed by atoms with van der Waals surface area (Å²) < 4.78 is 6.20. The monoisotopic (exact) mass is 316 g/mol. The molecule has 0 unspecified atom stereocenters. The number of aryl methyl sites for hydroxylation is 1. The average molecular weight is 316 g/mol. The van der Waals surface area contributed by atoms with Crippen LogP contribution in [0.1, 0.15) is 25.6 Å². The van der Waals surface area contributed by atoms with Crippen molar-refractivity contribution >= 4 is 16.9 Å². The maximum Gasteiger partial charge on any atom is 0.333 e. The SMILES string of the molecule is C=C(C)C(=O)OCCCCOn1c(C)nc2ccccc2c1=O. The molecule has 6 heteroatoms. The summed E-state index contributed by atoms with van der Waals surface area (Å²) in [6.45, 7) is 7.48. The number of fused-ring (bicyclic) bond motifs is 1. The number of carbonyl (C=O) groups is 1. The smallest absolute Gasteiger partial charge is 0.333 e. The molecule has 0 saturated carbocycles. The Hall–Kier alpha value is -2.63. The minimum absolute atomic E-state index is 0.221. The third-order valence-corrected chi connectivity index (χ3v) is 3.24. The molecule has 0 radical (unpaired) electrons.